The first-order valence-electron chi connectivity index (χ1n) is 5.98. The zero-order valence-corrected chi connectivity index (χ0v) is 13.2. The maximum atomic E-state index is 11.5. The fourth-order valence-electron chi connectivity index (χ4n) is 1.61. The summed E-state index contributed by atoms with van der Waals surface area (Å²) in [4.78, 5) is 1.21. The van der Waals surface area contributed by atoms with Crippen molar-refractivity contribution in [3.8, 4) is 0 Å². The maximum absolute atomic E-state index is 11.5. The smallest absolute Gasteiger partial charge is 0.273 e. The molecule has 0 saturated carbocycles. The van der Waals surface area contributed by atoms with Gasteiger partial charge in [0.25, 0.3) is 10.0 Å². The Morgan fingerprint density at radius 3 is 2.75 bits per heavy atom. The summed E-state index contributed by atoms with van der Waals surface area (Å²) < 4.78 is 31.2. The van der Waals surface area contributed by atoms with Gasteiger partial charge in [0.2, 0.25) is 5.09 Å². The summed E-state index contributed by atoms with van der Waals surface area (Å²) >= 11 is 7.41. The van der Waals surface area contributed by atoms with Crippen molar-refractivity contribution >= 4 is 33.0 Å². The van der Waals surface area contributed by atoms with Crippen molar-refractivity contribution in [3.05, 3.63) is 39.2 Å². The van der Waals surface area contributed by atoms with E-state index in [1.54, 1.807) is 17.4 Å². The molecular formula is C12H15ClN2O3S2. The van der Waals surface area contributed by atoms with Gasteiger partial charge in [0.05, 0.1) is 10.9 Å². The fourth-order valence-corrected chi connectivity index (χ4v) is 3.36. The van der Waals surface area contributed by atoms with Crippen molar-refractivity contribution in [2.45, 2.75) is 18.1 Å². The second-order valence-electron chi connectivity index (χ2n) is 4.06. The van der Waals surface area contributed by atoms with Crippen LogP contribution in [0.15, 0.2) is 33.8 Å². The molecule has 110 valence electrons. The molecule has 0 unspecified atom stereocenters. The van der Waals surface area contributed by atoms with E-state index >= 15 is 0 Å². The Morgan fingerprint density at radius 2 is 2.10 bits per heavy atom. The number of nitrogens with one attached hydrogen (secondary N) is 2. The highest BCUT2D eigenvalue weighted by Crippen LogP contribution is 2.21. The molecular weight excluding hydrogens is 320 g/mol. The SMILES string of the molecule is CNS(=O)(=O)c1ccc(CNCCc2ccc(Cl)s2)o1. The molecule has 2 heterocycles. The predicted octanol–water partition coefficient (Wildman–Crippen LogP) is 2.23. The molecule has 0 aromatic carbocycles. The highest BCUT2D eigenvalue weighted by Gasteiger charge is 2.15. The standard InChI is InChI=1S/C12H15ClN2O3S2/c1-14-20(16,17)12-5-2-9(18-12)8-15-7-6-10-3-4-11(13)19-10/h2-5,14-15H,6-8H2,1H3. The monoisotopic (exact) mass is 334 g/mol. The van der Waals surface area contributed by atoms with Crippen LogP contribution in [0.1, 0.15) is 10.6 Å². The Hall–Kier alpha value is -0.860. The third-order valence-corrected chi connectivity index (χ3v) is 5.22. The van der Waals surface area contributed by atoms with Gasteiger partial charge >= 0.3 is 0 Å². The van der Waals surface area contributed by atoms with Crippen LogP contribution >= 0.6 is 22.9 Å². The third kappa shape index (κ3) is 4.07. The van der Waals surface area contributed by atoms with E-state index in [0.717, 1.165) is 17.3 Å². The lowest BCUT2D eigenvalue weighted by molar-refractivity contribution is 0.401. The van der Waals surface area contributed by atoms with Crippen LogP contribution in [0.3, 0.4) is 0 Å². The van der Waals surface area contributed by atoms with Crippen molar-refractivity contribution in [1.29, 1.82) is 0 Å². The number of sulfonamides is 1. The minimum absolute atomic E-state index is 0.0677. The van der Waals surface area contributed by atoms with Crippen molar-refractivity contribution in [2.75, 3.05) is 13.6 Å². The van der Waals surface area contributed by atoms with Crippen molar-refractivity contribution in [1.82, 2.24) is 10.0 Å². The minimum atomic E-state index is -3.51. The molecule has 0 aliphatic rings. The van der Waals surface area contributed by atoms with E-state index in [2.05, 4.69) is 10.0 Å². The number of hydrogen-bond acceptors (Lipinski definition) is 5. The van der Waals surface area contributed by atoms with Gasteiger partial charge in [-0.3, -0.25) is 0 Å². The van der Waals surface area contributed by atoms with Crippen LogP contribution in [0.4, 0.5) is 0 Å². The van der Waals surface area contributed by atoms with E-state index in [1.165, 1.54) is 18.0 Å². The number of rotatable bonds is 7. The van der Waals surface area contributed by atoms with Crippen LogP contribution in [0.2, 0.25) is 4.34 Å². The molecule has 2 N–H and O–H groups in total. The first-order valence-corrected chi connectivity index (χ1v) is 8.66. The highest BCUT2D eigenvalue weighted by molar-refractivity contribution is 7.89. The summed E-state index contributed by atoms with van der Waals surface area (Å²) in [5.74, 6) is 0.586. The predicted molar refractivity (Wildman–Crippen MR) is 79.7 cm³/mol. The Bertz CT molecular complexity index is 664. The number of halogens is 1. The molecule has 8 heteroatoms. The van der Waals surface area contributed by atoms with Gasteiger partial charge in [0, 0.05) is 11.4 Å². The van der Waals surface area contributed by atoms with Gasteiger partial charge in [0.1, 0.15) is 5.76 Å². The van der Waals surface area contributed by atoms with Gasteiger partial charge in [0.15, 0.2) is 0 Å². The molecule has 0 saturated heterocycles. The Labute approximate surface area is 127 Å². The first-order chi connectivity index (χ1) is 9.51. The molecule has 0 spiro atoms. The van der Waals surface area contributed by atoms with Gasteiger partial charge in [-0.15, -0.1) is 11.3 Å². The largest absolute Gasteiger partial charge is 0.447 e. The molecule has 0 radical (unpaired) electrons. The summed E-state index contributed by atoms with van der Waals surface area (Å²) in [6, 6.07) is 6.98. The van der Waals surface area contributed by atoms with Crippen LogP contribution in [-0.2, 0) is 23.0 Å². The lowest BCUT2D eigenvalue weighted by atomic mass is 10.3. The lowest BCUT2D eigenvalue weighted by Gasteiger charge is -2.01. The molecule has 0 aliphatic heterocycles. The van der Waals surface area contributed by atoms with E-state index in [4.69, 9.17) is 16.0 Å². The quantitative estimate of drug-likeness (QED) is 0.762. The lowest BCUT2D eigenvalue weighted by Crippen LogP contribution is -2.18. The molecule has 5 nitrogen and oxygen atoms in total. The number of thiophene rings is 1. The second-order valence-corrected chi connectivity index (χ2v) is 7.68. The zero-order chi connectivity index (χ0) is 14.6. The Kier molecular flexibility index (Phi) is 5.22. The van der Waals surface area contributed by atoms with Gasteiger partial charge in [-0.25, -0.2) is 13.1 Å². The molecule has 0 atom stereocenters. The average molecular weight is 335 g/mol. The zero-order valence-electron chi connectivity index (χ0n) is 10.8. The van der Waals surface area contributed by atoms with Crippen LogP contribution in [0, 0.1) is 0 Å². The van der Waals surface area contributed by atoms with Crippen molar-refractivity contribution in [3.63, 3.8) is 0 Å². The van der Waals surface area contributed by atoms with E-state index < -0.39 is 10.0 Å². The Morgan fingerprint density at radius 1 is 1.30 bits per heavy atom. The molecule has 2 aromatic heterocycles. The molecule has 20 heavy (non-hydrogen) atoms. The van der Waals surface area contributed by atoms with Crippen LogP contribution in [0.5, 0.6) is 0 Å². The summed E-state index contributed by atoms with van der Waals surface area (Å²) in [7, 11) is -2.16. The van der Waals surface area contributed by atoms with E-state index in [-0.39, 0.29) is 5.09 Å². The van der Waals surface area contributed by atoms with Gasteiger partial charge in [-0.1, -0.05) is 11.6 Å². The maximum Gasteiger partial charge on any atom is 0.273 e. The molecule has 0 fully saturated rings. The normalized spacial score (nSPS) is 11.9. The van der Waals surface area contributed by atoms with Gasteiger partial charge in [-0.05, 0) is 37.7 Å². The minimum Gasteiger partial charge on any atom is -0.447 e. The fraction of sp³-hybridized carbons (Fsp3) is 0.333. The first kappa shape index (κ1) is 15.5. The third-order valence-electron chi connectivity index (χ3n) is 2.65. The molecule has 2 aromatic rings. The molecule has 0 amide bonds. The number of hydrogen-bond donors (Lipinski definition) is 2. The Balaban J connectivity index is 1.80. The van der Waals surface area contributed by atoms with E-state index in [1.807, 2.05) is 12.1 Å². The van der Waals surface area contributed by atoms with Crippen molar-refractivity contribution in [2.24, 2.45) is 0 Å². The van der Waals surface area contributed by atoms with Crippen LogP contribution in [-0.4, -0.2) is 22.0 Å². The van der Waals surface area contributed by atoms with Crippen LogP contribution in [0.25, 0.3) is 0 Å². The molecule has 0 bridgehead atoms. The van der Waals surface area contributed by atoms with Gasteiger partial charge < -0.3 is 9.73 Å². The second kappa shape index (κ2) is 6.73. The number of furan rings is 1. The molecule has 2 rings (SSSR count). The van der Waals surface area contributed by atoms with E-state index in [9.17, 15) is 8.42 Å². The van der Waals surface area contributed by atoms with E-state index in [0.29, 0.717) is 12.3 Å². The average Bonchev–Trinajstić information content (AvgIpc) is 3.04. The van der Waals surface area contributed by atoms with Crippen LogP contribution < -0.4 is 10.0 Å². The highest BCUT2D eigenvalue weighted by atomic mass is 35.5. The van der Waals surface area contributed by atoms with Gasteiger partial charge in [-0.2, -0.15) is 0 Å². The summed E-state index contributed by atoms with van der Waals surface area (Å²) in [6.45, 7) is 1.25. The topological polar surface area (TPSA) is 71.3 Å². The summed E-state index contributed by atoms with van der Waals surface area (Å²) in [5, 5.41) is 3.13. The summed E-state index contributed by atoms with van der Waals surface area (Å²) in [5.41, 5.74) is 0. The summed E-state index contributed by atoms with van der Waals surface area (Å²) in [6.07, 6.45) is 0.875. The molecule has 0 aliphatic carbocycles. The van der Waals surface area contributed by atoms with Crippen molar-refractivity contribution < 1.29 is 12.8 Å².